The molecule has 4 rings (SSSR count). The fourth-order valence-corrected chi connectivity index (χ4v) is 3.89. The molecule has 1 N–H and O–H groups in total. The lowest BCUT2D eigenvalue weighted by Crippen LogP contribution is -2.18. The number of hydrogen-bond acceptors (Lipinski definition) is 4. The number of carbonyl (C=O) groups excluding carboxylic acids is 1. The van der Waals surface area contributed by atoms with Crippen molar-refractivity contribution in [1.82, 2.24) is 10.4 Å². The predicted molar refractivity (Wildman–Crippen MR) is 125 cm³/mol. The summed E-state index contributed by atoms with van der Waals surface area (Å²) in [5.74, 6) is -0.256. The van der Waals surface area contributed by atoms with E-state index < -0.39 is 0 Å². The molecule has 30 heavy (non-hydrogen) atoms. The average Bonchev–Trinajstić information content (AvgIpc) is 3.27. The van der Waals surface area contributed by atoms with Gasteiger partial charge in [-0.05, 0) is 40.1 Å². The molecular formula is C25H23N3OS. The van der Waals surface area contributed by atoms with Crippen molar-refractivity contribution >= 4 is 34.4 Å². The van der Waals surface area contributed by atoms with Crippen LogP contribution in [0.2, 0.25) is 0 Å². The van der Waals surface area contributed by atoms with Crippen LogP contribution in [0.3, 0.4) is 0 Å². The lowest BCUT2D eigenvalue weighted by molar-refractivity contribution is 0.0956. The zero-order chi connectivity index (χ0) is 21.1. The zero-order valence-corrected chi connectivity index (χ0v) is 18.0. The van der Waals surface area contributed by atoms with Gasteiger partial charge in [-0.1, -0.05) is 69.3 Å². The number of nitrogens with zero attached hydrogens (tertiary/aromatic N) is 2. The number of benzene rings is 2. The van der Waals surface area contributed by atoms with E-state index in [0.717, 1.165) is 27.0 Å². The fourth-order valence-electron chi connectivity index (χ4n) is 3.21. The second kappa shape index (κ2) is 8.20. The van der Waals surface area contributed by atoms with E-state index in [-0.39, 0.29) is 11.3 Å². The molecule has 1 amide bonds. The Labute approximate surface area is 180 Å². The second-order valence-corrected chi connectivity index (χ2v) is 9.07. The van der Waals surface area contributed by atoms with Crippen molar-refractivity contribution in [3.63, 3.8) is 0 Å². The van der Waals surface area contributed by atoms with Crippen molar-refractivity contribution in [3.8, 4) is 10.6 Å². The van der Waals surface area contributed by atoms with Crippen LogP contribution in [0.1, 0.15) is 42.3 Å². The Morgan fingerprint density at radius 3 is 2.50 bits per heavy atom. The van der Waals surface area contributed by atoms with Crippen LogP contribution in [0.4, 0.5) is 0 Å². The number of aromatic nitrogens is 1. The normalized spacial score (nSPS) is 11.8. The summed E-state index contributed by atoms with van der Waals surface area (Å²) in [4.78, 5) is 18.6. The molecular weight excluding hydrogens is 390 g/mol. The molecule has 2 heterocycles. The summed E-state index contributed by atoms with van der Waals surface area (Å²) in [6, 6.07) is 21.7. The van der Waals surface area contributed by atoms with Crippen LogP contribution in [0, 0.1) is 0 Å². The highest BCUT2D eigenvalue weighted by Gasteiger charge is 2.14. The van der Waals surface area contributed by atoms with E-state index in [9.17, 15) is 4.79 Å². The smallest absolute Gasteiger partial charge is 0.267 e. The summed E-state index contributed by atoms with van der Waals surface area (Å²) in [6.07, 6.45) is 1.66. The Hall–Kier alpha value is -3.31. The van der Waals surface area contributed by atoms with E-state index in [0.29, 0.717) is 5.56 Å². The van der Waals surface area contributed by atoms with Crippen molar-refractivity contribution in [2.24, 2.45) is 5.10 Å². The lowest BCUT2D eigenvalue weighted by atomic mass is 9.87. The second-order valence-electron chi connectivity index (χ2n) is 8.12. The van der Waals surface area contributed by atoms with Crippen LogP contribution < -0.4 is 5.43 Å². The number of para-hydroxylation sites is 1. The third kappa shape index (κ3) is 4.31. The molecule has 0 saturated heterocycles. The molecule has 0 radical (unpaired) electrons. The quantitative estimate of drug-likeness (QED) is 0.328. The first kappa shape index (κ1) is 20.0. The van der Waals surface area contributed by atoms with E-state index in [1.165, 1.54) is 5.56 Å². The summed E-state index contributed by atoms with van der Waals surface area (Å²) in [5, 5.41) is 6.97. The molecule has 4 nitrogen and oxygen atoms in total. The van der Waals surface area contributed by atoms with Gasteiger partial charge in [0.25, 0.3) is 5.91 Å². The summed E-state index contributed by atoms with van der Waals surface area (Å²) >= 11 is 1.60. The molecule has 0 aliphatic heterocycles. The Balaban J connectivity index is 1.58. The minimum absolute atomic E-state index is 0.104. The fraction of sp³-hybridized carbons (Fsp3) is 0.160. The van der Waals surface area contributed by atoms with Crippen molar-refractivity contribution in [3.05, 3.63) is 88.8 Å². The first-order valence-corrected chi connectivity index (χ1v) is 10.7. The number of fused-ring (bicyclic) bond motifs is 1. The number of nitrogens with one attached hydrogen (secondary N) is 1. The Bertz CT molecular complexity index is 1200. The van der Waals surface area contributed by atoms with Gasteiger partial charge in [-0.3, -0.25) is 4.79 Å². The lowest BCUT2D eigenvalue weighted by Gasteiger charge is -2.18. The van der Waals surface area contributed by atoms with Gasteiger partial charge >= 0.3 is 0 Å². The number of carbonyl (C=O) groups is 1. The van der Waals surface area contributed by atoms with Crippen LogP contribution in [-0.4, -0.2) is 17.1 Å². The molecule has 2 aromatic heterocycles. The minimum atomic E-state index is -0.256. The molecule has 0 saturated carbocycles. The first-order valence-electron chi connectivity index (χ1n) is 9.79. The molecule has 2 aromatic carbocycles. The van der Waals surface area contributed by atoms with Gasteiger partial charge in [-0.15, -0.1) is 11.3 Å². The van der Waals surface area contributed by atoms with Gasteiger partial charge in [0.1, 0.15) is 0 Å². The van der Waals surface area contributed by atoms with Crippen molar-refractivity contribution < 1.29 is 4.79 Å². The van der Waals surface area contributed by atoms with E-state index in [1.54, 1.807) is 17.6 Å². The number of hydrogen-bond donors (Lipinski definition) is 1. The number of pyridine rings is 1. The van der Waals surface area contributed by atoms with Crippen molar-refractivity contribution in [1.29, 1.82) is 0 Å². The third-order valence-corrected chi connectivity index (χ3v) is 5.78. The predicted octanol–water partition coefficient (Wildman–Crippen LogP) is 6.02. The van der Waals surface area contributed by atoms with Crippen molar-refractivity contribution in [2.75, 3.05) is 0 Å². The van der Waals surface area contributed by atoms with Gasteiger partial charge in [0, 0.05) is 5.39 Å². The van der Waals surface area contributed by atoms with E-state index in [4.69, 9.17) is 4.98 Å². The highest BCUT2D eigenvalue weighted by Crippen LogP contribution is 2.28. The monoisotopic (exact) mass is 413 g/mol. The maximum absolute atomic E-state index is 12.9. The van der Waals surface area contributed by atoms with E-state index in [2.05, 4.69) is 43.4 Å². The molecule has 0 spiro atoms. The summed E-state index contributed by atoms with van der Waals surface area (Å²) in [6.45, 7) is 6.54. The first-order chi connectivity index (χ1) is 14.4. The molecule has 5 heteroatoms. The molecule has 0 aliphatic rings. The topological polar surface area (TPSA) is 54.4 Å². The van der Waals surface area contributed by atoms with Gasteiger partial charge in [-0.25, -0.2) is 10.4 Å². The van der Waals surface area contributed by atoms with Gasteiger partial charge in [-0.2, -0.15) is 5.10 Å². The molecule has 0 bridgehead atoms. The Kier molecular flexibility index (Phi) is 5.46. The van der Waals surface area contributed by atoms with Gasteiger partial charge in [0.2, 0.25) is 0 Å². The summed E-state index contributed by atoms with van der Waals surface area (Å²) in [7, 11) is 0. The molecule has 0 unspecified atom stereocenters. The van der Waals surface area contributed by atoms with Crippen LogP contribution >= 0.6 is 11.3 Å². The number of hydrazone groups is 1. The standard InChI is InChI=1S/C25H23N3OS/c1-25(2,3)18-12-10-17(11-13-18)16-26-28-24(29)20-15-22(23-9-6-14-30-23)27-21-8-5-4-7-19(20)21/h4-16H,1-3H3,(H,28,29). The maximum atomic E-state index is 12.9. The van der Waals surface area contributed by atoms with E-state index in [1.807, 2.05) is 60.0 Å². The highest BCUT2D eigenvalue weighted by atomic mass is 32.1. The number of thiophene rings is 1. The molecule has 0 fully saturated rings. The molecule has 4 aromatic rings. The highest BCUT2D eigenvalue weighted by molar-refractivity contribution is 7.13. The molecule has 150 valence electrons. The largest absolute Gasteiger partial charge is 0.272 e. The number of rotatable bonds is 4. The summed E-state index contributed by atoms with van der Waals surface area (Å²) < 4.78 is 0. The number of amides is 1. The van der Waals surface area contributed by atoms with Gasteiger partial charge in [0.05, 0.1) is 27.9 Å². The summed E-state index contributed by atoms with van der Waals surface area (Å²) in [5.41, 5.74) is 7.09. The van der Waals surface area contributed by atoms with Gasteiger partial charge in [0.15, 0.2) is 0 Å². The van der Waals surface area contributed by atoms with Crippen LogP contribution in [0.5, 0.6) is 0 Å². The SMILES string of the molecule is CC(C)(C)c1ccc(C=NNC(=O)c2cc(-c3cccs3)nc3ccccc23)cc1. The Morgan fingerprint density at radius 2 is 1.80 bits per heavy atom. The van der Waals surface area contributed by atoms with Gasteiger partial charge < -0.3 is 0 Å². The molecule has 0 atom stereocenters. The third-order valence-electron chi connectivity index (χ3n) is 4.89. The minimum Gasteiger partial charge on any atom is -0.267 e. The van der Waals surface area contributed by atoms with Crippen LogP contribution in [-0.2, 0) is 5.41 Å². The van der Waals surface area contributed by atoms with Crippen LogP contribution in [0.25, 0.3) is 21.5 Å². The van der Waals surface area contributed by atoms with E-state index >= 15 is 0 Å². The average molecular weight is 414 g/mol. The van der Waals surface area contributed by atoms with Crippen molar-refractivity contribution in [2.45, 2.75) is 26.2 Å². The maximum Gasteiger partial charge on any atom is 0.272 e. The zero-order valence-electron chi connectivity index (χ0n) is 17.2. The van der Waals surface area contributed by atoms with Crippen LogP contribution in [0.15, 0.2) is 77.2 Å². The Morgan fingerprint density at radius 1 is 1.03 bits per heavy atom. The molecule has 0 aliphatic carbocycles.